The van der Waals surface area contributed by atoms with Crippen molar-refractivity contribution in [2.24, 2.45) is 5.92 Å². The lowest BCUT2D eigenvalue weighted by Crippen LogP contribution is -2.55. The van der Waals surface area contributed by atoms with Gasteiger partial charge in [0.2, 0.25) is 11.8 Å². The fraction of sp³-hybridized carbons (Fsp3) is 0.484. The summed E-state index contributed by atoms with van der Waals surface area (Å²) in [4.78, 5) is 46.3. The standard InChI is InChI=1S/C31H34ClFN4O5S/c32-19-11-12-23-26(13-19)43-30(35-23)42-22-15-25-27(38)36-31(29(40)41)16-18(31)7-4-2-1-3-5-10-24(28(39)37(25)17-22)34-21-9-6-8-20(33)14-21/h6,8-9,11-14,18,22,24-25,34H,1-5,7,10,15-17H2,(H,36,38)(H,40,41)/t18-,22-,24+,25+,31-/m1/s1. The van der Waals surface area contributed by atoms with Gasteiger partial charge in [-0.05, 0) is 61.6 Å². The number of halogens is 2. The monoisotopic (exact) mass is 628 g/mol. The number of nitrogens with zero attached hydrogens (tertiary/aromatic N) is 2. The zero-order valence-electron chi connectivity index (χ0n) is 23.6. The number of benzene rings is 2. The van der Waals surface area contributed by atoms with Crippen LogP contribution in [0.3, 0.4) is 0 Å². The minimum absolute atomic E-state index is 0.123. The molecule has 12 heteroatoms. The number of aliphatic carboxylic acids is 1. The number of hydrogen-bond acceptors (Lipinski definition) is 7. The molecule has 2 amide bonds. The van der Waals surface area contributed by atoms with Crippen LogP contribution in [0.2, 0.25) is 5.02 Å². The van der Waals surface area contributed by atoms with Crippen LogP contribution in [0.5, 0.6) is 5.19 Å². The molecule has 228 valence electrons. The van der Waals surface area contributed by atoms with Crippen molar-refractivity contribution in [3.8, 4) is 5.19 Å². The van der Waals surface area contributed by atoms with Gasteiger partial charge in [0.1, 0.15) is 29.5 Å². The van der Waals surface area contributed by atoms with Crippen molar-refractivity contribution in [3.05, 3.63) is 53.3 Å². The predicted molar refractivity (Wildman–Crippen MR) is 162 cm³/mol. The Morgan fingerprint density at radius 3 is 2.72 bits per heavy atom. The summed E-state index contributed by atoms with van der Waals surface area (Å²) in [5, 5.41) is 17.1. The largest absolute Gasteiger partial charge is 0.479 e. The Morgan fingerprint density at radius 1 is 1.14 bits per heavy atom. The zero-order chi connectivity index (χ0) is 30.1. The van der Waals surface area contributed by atoms with Crippen molar-refractivity contribution >= 4 is 56.6 Å². The molecule has 5 atom stereocenters. The lowest BCUT2D eigenvalue weighted by Gasteiger charge is -2.30. The Labute approximate surface area is 257 Å². The van der Waals surface area contributed by atoms with E-state index in [1.54, 1.807) is 30.3 Å². The minimum atomic E-state index is -1.31. The lowest BCUT2D eigenvalue weighted by molar-refractivity contribution is -0.145. The Bertz CT molecular complexity index is 1540. The number of carboxylic acid groups (broad SMARTS) is 1. The van der Waals surface area contributed by atoms with Crippen molar-refractivity contribution in [1.82, 2.24) is 15.2 Å². The number of carbonyl (C=O) groups excluding carboxylic acids is 2. The topological polar surface area (TPSA) is 121 Å². The molecule has 3 aliphatic rings. The van der Waals surface area contributed by atoms with Gasteiger partial charge in [-0.3, -0.25) is 9.59 Å². The highest BCUT2D eigenvalue weighted by Crippen LogP contribution is 2.47. The highest BCUT2D eigenvalue weighted by molar-refractivity contribution is 7.20. The van der Waals surface area contributed by atoms with Crippen LogP contribution in [0, 0.1) is 11.7 Å². The van der Waals surface area contributed by atoms with Gasteiger partial charge in [0.05, 0.1) is 16.8 Å². The quantitative estimate of drug-likeness (QED) is 0.335. The van der Waals surface area contributed by atoms with Gasteiger partial charge in [-0.15, -0.1) is 0 Å². The number of carboxylic acids is 1. The summed E-state index contributed by atoms with van der Waals surface area (Å²) >= 11 is 7.46. The van der Waals surface area contributed by atoms with E-state index in [4.69, 9.17) is 16.3 Å². The molecule has 0 radical (unpaired) electrons. The summed E-state index contributed by atoms with van der Waals surface area (Å²) < 4.78 is 21.1. The summed E-state index contributed by atoms with van der Waals surface area (Å²) in [6, 6.07) is 9.68. The molecule has 1 saturated carbocycles. The highest BCUT2D eigenvalue weighted by Gasteiger charge is 2.62. The first-order chi connectivity index (χ1) is 20.7. The molecule has 2 aromatic carbocycles. The number of amides is 2. The number of carbonyl (C=O) groups is 3. The van der Waals surface area contributed by atoms with Gasteiger partial charge in [0.25, 0.3) is 5.19 Å². The van der Waals surface area contributed by atoms with Crippen LogP contribution in [0.15, 0.2) is 42.5 Å². The number of rotatable bonds is 5. The maximum absolute atomic E-state index is 14.2. The lowest BCUT2D eigenvalue weighted by atomic mass is 10.0. The molecular formula is C31H34ClFN4O5S. The van der Waals surface area contributed by atoms with Crippen molar-refractivity contribution in [2.45, 2.75) is 81.5 Å². The second-order valence-corrected chi connectivity index (χ2v) is 13.2. The van der Waals surface area contributed by atoms with Gasteiger partial charge in [0, 0.05) is 17.1 Å². The fourth-order valence-corrected chi connectivity index (χ4v) is 7.56. The molecule has 2 saturated heterocycles. The van der Waals surface area contributed by atoms with Crippen LogP contribution in [0.4, 0.5) is 10.1 Å². The molecule has 0 spiro atoms. The highest BCUT2D eigenvalue weighted by atomic mass is 35.5. The third kappa shape index (κ3) is 6.43. The molecule has 0 bridgehead atoms. The Balaban J connectivity index is 1.28. The van der Waals surface area contributed by atoms with Crippen LogP contribution in [-0.4, -0.2) is 63.0 Å². The van der Waals surface area contributed by atoms with E-state index in [-0.39, 0.29) is 24.8 Å². The first kappa shape index (κ1) is 29.6. The molecule has 3 aromatic rings. The van der Waals surface area contributed by atoms with E-state index < -0.39 is 41.4 Å². The van der Waals surface area contributed by atoms with E-state index in [1.165, 1.54) is 28.4 Å². The average Bonchev–Trinajstić information content (AvgIpc) is 3.29. The van der Waals surface area contributed by atoms with Gasteiger partial charge in [-0.1, -0.05) is 61.1 Å². The maximum atomic E-state index is 14.2. The normalized spacial score (nSPS) is 28.3. The Morgan fingerprint density at radius 2 is 1.93 bits per heavy atom. The summed E-state index contributed by atoms with van der Waals surface area (Å²) in [5.74, 6) is -2.40. The van der Waals surface area contributed by atoms with Crippen LogP contribution < -0.4 is 15.4 Å². The van der Waals surface area contributed by atoms with Crippen molar-refractivity contribution < 1.29 is 28.6 Å². The smallest absolute Gasteiger partial charge is 0.329 e. The molecule has 1 aromatic heterocycles. The molecule has 2 aliphatic heterocycles. The van der Waals surface area contributed by atoms with Gasteiger partial charge < -0.3 is 25.4 Å². The van der Waals surface area contributed by atoms with E-state index in [0.717, 1.165) is 48.7 Å². The van der Waals surface area contributed by atoms with Crippen molar-refractivity contribution in [2.75, 3.05) is 11.9 Å². The molecule has 6 rings (SSSR count). The van der Waals surface area contributed by atoms with Crippen LogP contribution in [-0.2, 0) is 14.4 Å². The SMILES string of the molecule is O=C1N[C@]2(C(=O)O)C[C@H]2CCCCCCC[C@H](Nc2cccc(F)c2)C(=O)N2C[C@H](Oc3nc4ccc(Cl)cc4s3)C[C@@H]12. The molecule has 0 unspecified atom stereocenters. The van der Waals surface area contributed by atoms with Gasteiger partial charge >= 0.3 is 5.97 Å². The predicted octanol–water partition coefficient (Wildman–Crippen LogP) is 5.62. The second-order valence-electron chi connectivity index (χ2n) is 11.8. The number of ether oxygens (including phenoxy) is 1. The van der Waals surface area contributed by atoms with Gasteiger partial charge in [-0.2, -0.15) is 0 Å². The second kappa shape index (κ2) is 12.3. The van der Waals surface area contributed by atoms with E-state index in [9.17, 15) is 23.9 Å². The molecule has 3 N–H and O–H groups in total. The van der Waals surface area contributed by atoms with E-state index >= 15 is 0 Å². The minimum Gasteiger partial charge on any atom is -0.479 e. The number of thiazole rings is 1. The number of anilines is 1. The van der Waals surface area contributed by atoms with Crippen LogP contribution in [0.25, 0.3) is 10.2 Å². The van der Waals surface area contributed by atoms with Crippen LogP contribution in [0.1, 0.15) is 57.8 Å². The Kier molecular flexibility index (Phi) is 8.46. The summed E-state index contributed by atoms with van der Waals surface area (Å²) in [6.07, 6.45) is 5.77. The summed E-state index contributed by atoms with van der Waals surface area (Å²) in [7, 11) is 0. The number of fused-ring (bicyclic) bond motifs is 3. The van der Waals surface area contributed by atoms with E-state index in [0.29, 0.717) is 28.7 Å². The maximum Gasteiger partial charge on any atom is 0.329 e. The Hall–Kier alpha value is -3.44. The fourth-order valence-electron chi connectivity index (χ4n) is 6.40. The van der Waals surface area contributed by atoms with Crippen LogP contribution >= 0.6 is 22.9 Å². The third-order valence-corrected chi connectivity index (χ3v) is 9.93. The van der Waals surface area contributed by atoms with E-state index in [2.05, 4.69) is 15.6 Å². The number of aromatic nitrogens is 1. The molecule has 9 nitrogen and oxygen atoms in total. The first-order valence-electron chi connectivity index (χ1n) is 14.8. The summed E-state index contributed by atoms with van der Waals surface area (Å²) in [6.45, 7) is 0.123. The third-order valence-electron chi connectivity index (χ3n) is 8.79. The first-order valence-corrected chi connectivity index (χ1v) is 16.0. The molecule has 3 fully saturated rings. The average molecular weight is 629 g/mol. The molecule has 43 heavy (non-hydrogen) atoms. The molecular weight excluding hydrogens is 595 g/mol. The van der Waals surface area contributed by atoms with Gasteiger partial charge in [0.15, 0.2) is 0 Å². The number of hydrogen-bond donors (Lipinski definition) is 3. The number of nitrogens with one attached hydrogen (secondary N) is 2. The van der Waals surface area contributed by atoms with Gasteiger partial charge in [-0.25, -0.2) is 14.2 Å². The van der Waals surface area contributed by atoms with Crippen molar-refractivity contribution in [3.63, 3.8) is 0 Å². The van der Waals surface area contributed by atoms with E-state index in [1.807, 2.05) is 0 Å². The molecule has 1 aliphatic carbocycles. The zero-order valence-corrected chi connectivity index (χ0v) is 25.1. The summed E-state index contributed by atoms with van der Waals surface area (Å²) in [5.41, 5.74) is -0.104. The molecule has 3 heterocycles. The van der Waals surface area contributed by atoms with Crippen molar-refractivity contribution in [1.29, 1.82) is 0 Å².